The summed E-state index contributed by atoms with van der Waals surface area (Å²) in [6, 6.07) is 3.62. The van der Waals surface area contributed by atoms with Crippen LogP contribution >= 0.6 is 0 Å². The molecule has 1 N–H and O–H groups in total. The summed E-state index contributed by atoms with van der Waals surface area (Å²) < 4.78 is 0. The maximum atomic E-state index is 12.4. The Bertz CT molecular complexity index is 563. The summed E-state index contributed by atoms with van der Waals surface area (Å²) in [5.41, 5.74) is 0.761. The summed E-state index contributed by atoms with van der Waals surface area (Å²) in [6.45, 7) is 5.24. The molecule has 1 aromatic heterocycles. The molecule has 4 rings (SSSR count). The molecule has 2 fully saturated rings. The van der Waals surface area contributed by atoms with Gasteiger partial charge in [-0.1, -0.05) is 12.2 Å². The number of carbonyl (C=O) groups is 1. The van der Waals surface area contributed by atoms with Crippen molar-refractivity contribution in [3.05, 3.63) is 42.2 Å². The fourth-order valence-electron chi connectivity index (χ4n) is 4.41. The second kappa shape index (κ2) is 5.84. The molecule has 2 heterocycles. The Hall–Kier alpha value is -1.68. The maximum absolute atomic E-state index is 12.4. The molecule has 4 heteroatoms. The number of piperazine rings is 1. The van der Waals surface area contributed by atoms with E-state index in [2.05, 4.69) is 17.1 Å². The van der Waals surface area contributed by atoms with Gasteiger partial charge in [0.2, 0.25) is 0 Å². The third-order valence-corrected chi connectivity index (χ3v) is 5.65. The number of pyridine rings is 1. The zero-order valence-corrected chi connectivity index (χ0v) is 12.9. The summed E-state index contributed by atoms with van der Waals surface area (Å²) in [4.78, 5) is 20.1. The fourth-order valence-corrected chi connectivity index (χ4v) is 4.41. The number of nitrogens with zero attached hydrogens (tertiary/aromatic N) is 2. The van der Waals surface area contributed by atoms with Crippen LogP contribution < -0.4 is 4.90 Å². The largest absolute Gasteiger partial charge is 0.332 e. The standard InChI is InChI=1S/C18H23N3O/c22-18(15-3-5-19-6-4-15)21-9-7-20(8-10-21)13-17-12-14-1-2-16(17)11-14/h1-6,14,16-17H,7-13H2/p+1/t14-,16-,17-/m0/s1. The van der Waals surface area contributed by atoms with Gasteiger partial charge in [0.1, 0.15) is 0 Å². The minimum Gasteiger partial charge on any atom is -0.332 e. The minimum atomic E-state index is 0.157. The molecule has 3 atom stereocenters. The highest BCUT2D eigenvalue weighted by Gasteiger charge is 2.38. The van der Waals surface area contributed by atoms with Crippen molar-refractivity contribution >= 4 is 5.91 Å². The first-order chi connectivity index (χ1) is 10.8. The number of carbonyl (C=O) groups excluding carboxylic acids is 1. The van der Waals surface area contributed by atoms with Crippen LogP contribution in [0.1, 0.15) is 23.2 Å². The average Bonchev–Trinajstić information content (AvgIpc) is 3.19. The Balaban J connectivity index is 1.29. The number of aromatic nitrogens is 1. The lowest BCUT2D eigenvalue weighted by Crippen LogP contribution is -3.15. The molecule has 3 aliphatic rings. The highest BCUT2D eigenvalue weighted by atomic mass is 16.2. The van der Waals surface area contributed by atoms with E-state index in [1.54, 1.807) is 17.3 Å². The minimum absolute atomic E-state index is 0.157. The highest BCUT2D eigenvalue weighted by molar-refractivity contribution is 5.94. The predicted molar refractivity (Wildman–Crippen MR) is 84.5 cm³/mol. The molecule has 22 heavy (non-hydrogen) atoms. The van der Waals surface area contributed by atoms with E-state index in [1.165, 1.54) is 19.4 Å². The lowest BCUT2D eigenvalue weighted by molar-refractivity contribution is -0.907. The van der Waals surface area contributed by atoms with Gasteiger partial charge in [-0.2, -0.15) is 0 Å². The maximum Gasteiger partial charge on any atom is 0.254 e. The summed E-state index contributed by atoms with van der Waals surface area (Å²) in [5, 5.41) is 0. The van der Waals surface area contributed by atoms with Gasteiger partial charge >= 0.3 is 0 Å². The number of allylic oxidation sites excluding steroid dienone is 2. The fraction of sp³-hybridized carbons (Fsp3) is 0.556. The third kappa shape index (κ3) is 2.68. The number of nitrogens with one attached hydrogen (secondary N) is 1. The van der Waals surface area contributed by atoms with Gasteiger partial charge in [0.25, 0.3) is 5.91 Å². The van der Waals surface area contributed by atoms with Crippen molar-refractivity contribution in [1.82, 2.24) is 9.88 Å². The quantitative estimate of drug-likeness (QED) is 0.832. The van der Waals surface area contributed by atoms with Gasteiger partial charge in [-0.3, -0.25) is 9.78 Å². The van der Waals surface area contributed by atoms with Crippen molar-refractivity contribution in [2.75, 3.05) is 32.7 Å². The molecule has 1 aromatic rings. The van der Waals surface area contributed by atoms with Crippen LogP contribution in [0, 0.1) is 17.8 Å². The molecular formula is C18H24N3O+. The van der Waals surface area contributed by atoms with E-state index < -0.39 is 0 Å². The van der Waals surface area contributed by atoms with Crippen LogP contribution in [0.25, 0.3) is 0 Å². The lowest BCUT2D eigenvalue weighted by Gasteiger charge is -2.34. The molecular weight excluding hydrogens is 274 g/mol. The molecule has 1 amide bonds. The van der Waals surface area contributed by atoms with Crippen LogP contribution in [0.5, 0.6) is 0 Å². The van der Waals surface area contributed by atoms with E-state index in [9.17, 15) is 4.79 Å². The molecule has 2 bridgehead atoms. The molecule has 116 valence electrons. The number of fused-ring (bicyclic) bond motifs is 2. The molecule has 0 unspecified atom stereocenters. The Labute approximate surface area is 131 Å². The van der Waals surface area contributed by atoms with Gasteiger partial charge in [0.15, 0.2) is 0 Å². The van der Waals surface area contributed by atoms with Gasteiger partial charge in [0.05, 0.1) is 32.7 Å². The first-order valence-corrected chi connectivity index (χ1v) is 8.51. The molecule has 4 nitrogen and oxygen atoms in total. The van der Waals surface area contributed by atoms with Crippen LogP contribution in [0.3, 0.4) is 0 Å². The van der Waals surface area contributed by atoms with E-state index in [0.29, 0.717) is 0 Å². The third-order valence-electron chi connectivity index (χ3n) is 5.65. The van der Waals surface area contributed by atoms with Crippen LogP contribution in [0.15, 0.2) is 36.7 Å². The summed E-state index contributed by atoms with van der Waals surface area (Å²) in [6.07, 6.45) is 11.0. The van der Waals surface area contributed by atoms with E-state index in [0.717, 1.165) is 49.5 Å². The van der Waals surface area contributed by atoms with Crippen LogP contribution in [0.2, 0.25) is 0 Å². The van der Waals surface area contributed by atoms with Crippen molar-refractivity contribution in [1.29, 1.82) is 0 Å². The molecule has 2 aliphatic carbocycles. The number of hydrogen-bond acceptors (Lipinski definition) is 2. The van der Waals surface area contributed by atoms with Crippen LogP contribution in [-0.4, -0.2) is 48.5 Å². The predicted octanol–water partition coefficient (Wildman–Crippen LogP) is 0.635. The number of hydrogen-bond donors (Lipinski definition) is 1. The Morgan fingerprint density at radius 3 is 2.59 bits per heavy atom. The number of rotatable bonds is 3. The number of amides is 1. The molecule has 0 spiro atoms. The van der Waals surface area contributed by atoms with Gasteiger partial charge in [-0.25, -0.2) is 0 Å². The zero-order chi connectivity index (χ0) is 14.9. The van der Waals surface area contributed by atoms with Crippen molar-refractivity contribution in [3.8, 4) is 0 Å². The Kier molecular flexibility index (Phi) is 3.70. The Morgan fingerprint density at radius 1 is 1.18 bits per heavy atom. The van der Waals surface area contributed by atoms with E-state index in [4.69, 9.17) is 0 Å². The summed E-state index contributed by atoms with van der Waals surface area (Å²) >= 11 is 0. The van der Waals surface area contributed by atoms with Gasteiger partial charge in [-0.05, 0) is 36.8 Å². The van der Waals surface area contributed by atoms with Gasteiger partial charge in [-0.15, -0.1) is 0 Å². The van der Waals surface area contributed by atoms with Crippen LogP contribution in [0.4, 0.5) is 0 Å². The molecule has 0 radical (unpaired) electrons. The van der Waals surface area contributed by atoms with Crippen molar-refractivity contribution in [3.63, 3.8) is 0 Å². The van der Waals surface area contributed by atoms with Crippen molar-refractivity contribution < 1.29 is 9.69 Å². The zero-order valence-electron chi connectivity index (χ0n) is 12.9. The SMILES string of the molecule is O=C(c1ccncc1)N1CC[NH+](C[C@@H]2C[C@H]3C=C[C@H]2C3)CC1. The Morgan fingerprint density at radius 2 is 1.95 bits per heavy atom. The topological polar surface area (TPSA) is 37.6 Å². The van der Waals surface area contributed by atoms with Crippen LogP contribution in [-0.2, 0) is 0 Å². The first-order valence-electron chi connectivity index (χ1n) is 8.51. The summed E-state index contributed by atoms with van der Waals surface area (Å²) in [7, 11) is 0. The van der Waals surface area contributed by atoms with Crippen molar-refractivity contribution in [2.45, 2.75) is 12.8 Å². The second-order valence-electron chi connectivity index (χ2n) is 7.02. The van der Waals surface area contributed by atoms with E-state index in [-0.39, 0.29) is 5.91 Å². The van der Waals surface area contributed by atoms with E-state index in [1.807, 2.05) is 17.0 Å². The van der Waals surface area contributed by atoms with Gasteiger partial charge < -0.3 is 9.80 Å². The summed E-state index contributed by atoms with van der Waals surface area (Å²) in [5.74, 6) is 2.75. The average molecular weight is 298 g/mol. The smallest absolute Gasteiger partial charge is 0.254 e. The first kappa shape index (κ1) is 13.9. The second-order valence-corrected chi connectivity index (χ2v) is 7.02. The molecule has 1 aliphatic heterocycles. The van der Waals surface area contributed by atoms with Gasteiger partial charge in [0, 0.05) is 23.9 Å². The van der Waals surface area contributed by atoms with E-state index >= 15 is 0 Å². The molecule has 0 aromatic carbocycles. The lowest BCUT2D eigenvalue weighted by atomic mass is 9.93. The molecule has 1 saturated carbocycles. The highest BCUT2D eigenvalue weighted by Crippen LogP contribution is 2.42. The monoisotopic (exact) mass is 298 g/mol. The normalized spacial score (nSPS) is 30.9. The van der Waals surface area contributed by atoms with Crippen molar-refractivity contribution in [2.24, 2.45) is 17.8 Å². The number of quaternary nitrogens is 1. The molecule has 1 saturated heterocycles.